The summed E-state index contributed by atoms with van der Waals surface area (Å²) in [6, 6.07) is 18.0. The molecule has 2 aromatic carbocycles. The van der Waals surface area contributed by atoms with Crippen LogP contribution in [0.25, 0.3) is 0 Å². The molecule has 0 spiro atoms. The minimum absolute atomic E-state index is 0.229. The first-order valence-electron chi connectivity index (χ1n) is 10.3. The van der Waals surface area contributed by atoms with Crippen molar-refractivity contribution in [2.45, 2.75) is 37.1 Å². The van der Waals surface area contributed by atoms with Crippen LogP contribution in [-0.2, 0) is 12.8 Å². The molecule has 5 nitrogen and oxygen atoms in total. The Morgan fingerprint density at radius 1 is 0.733 bits per heavy atom. The fourth-order valence-electron chi connectivity index (χ4n) is 4.15. The van der Waals surface area contributed by atoms with Gasteiger partial charge in [-0.05, 0) is 24.0 Å². The van der Waals surface area contributed by atoms with E-state index in [-0.39, 0.29) is 19.1 Å². The van der Waals surface area contributed by atoms with E-state index in [1.54, 1.807) is 22.0 Å². The molecule has 0 aliphatic carbocycles. The Hall–Kier alpha value is -2.89. The second kappa shape index (κ2) is 10.2. The summed E-state index contributed by atoms with van der Waals surface area (Å²) in [6.45, 7) is 8.14. The van der Waals surface area contributed by atoms with E-state index in [4.69, 9.17) is 0 Å². The number of hydrogen-bond acceptors (Lipinski definition) is 3. The SMILES string of the molecule is C=CCN1C(=O)N(CC=C)[C@H](Cc2ccccc2)[C@@H](O)[C@H](O)[C@H]1Cc1ccccc1. The highest BCUT2D eigenvalue weighted by molar-refractivity contribution is 5.76. The maximum Gasteiger partial charge on any atom is 0.321 e. The van der Waals surface area contributed by atoms with Crippen LogP contribution in [0.15, 0.2) is 86.0 Å². The zero-order valence-electron chi connectivity index (χ0n) is 17.2. The number of amides is 2. The predicted octanol–water partition coefficient (Wildman–Crippen LogP) is 3.04. The van der Waals surface area contributed by atoms with Crippen LogP contribution in [0.2, 0.25) is 0 Å². The fraction of sp³-hybridized carbons (Fsp3) is 0.320. The van der Waals surface area contributed by atoms with Gasteiger partial charge in [-0.2, -0.15) is 0 Å². The van der Waals surface area contributed by atoms with Crippen LogP contribution in [0, 0.1) is 0 Å². The van der Waals surface area contributed by atoms with Gasteiger partial charge in [-0.25, -0.2) is 4.79 Å². The number of hydrogen-bond donors (Lipinski definition) is 2. The van der Waals surface area contributed by atoms with E-state index in [1.165, 1.54) is 0 Å². The molecule has 0 aromatic heterocycles. The number of carbonyl (C=O) groups excluding carboxylic acids is 1. The highest BCUT2D eigenvalue weighted by Crippen LogP contribution is 2.27. The molecular weight excluding hydrogens is 376 g/mol. The van der Waals surface area contributed by atoms with E-state index in [0.717, 1.165) is 11.1 Å². The Bertz CT molecular complexity index is 770. The number of aliphatic hydroxyl groups is 2. The van der Waals surface area contributed by atoms with Gasteiger partial charge in [0.15, 0.2) is 0 Å². The van der Waals surface area contributed by atoms with Gasteiger partial charge in [-0.15, -0.1) is 13.2 Å². The maximum absolute atomic E-state index is 13.6. The lowest BCUT2D eigenvalue weighted by Gasteiger charge is -2.34. The Morgan fingerprint density at radius 2 is 1.10 bits per heavy atom. The number of urea groups is 1. The minimum atomic E-state index is -1.10. The molecule has 3 rings (SSSR count). The molecule has 1 aliphatic heterocycles. The van der Waals surface area contributed by atoms with Gasteiger partial charge in [0, 0.05) is 13.1 Å². The summed E-state index contributed by atoms with van der Waals surface area (Å²) >= 11 is 0. The summed E-state index contributed by atoms with van der Waals surface area (Å²) in [5, 5.41) is 22.4. The highest BCUT2D eigenvalue weighted by atomic mass is 16.3. The van der Waals surface area contributed by atoms with Crippen molar-refractivity contribution < 1.29 is 15.0 Å². The van der Waals surface area contributed by atoms with Gasteiger partial charge in [0.05, 0.1) is 12.1 Å². The number of rotatable bonds is 8. The minimum Gasteiger partial charge on any atom is -0.388 e. The summed E-state index contributed by atoms with van der Waals surface area (Å²) in [7, 11) is 0. The first-order chi connectivity index (χ1) is 14.6. The molecule has 0 radical (unpaired) electrons. The third-order valence-electron chi connectivity index (χ3n) is 5.66. The molecule has 1 saturated heterocycles. The molecule has 5 heteroatoms. The van der Waals surface area contributed by atoms with Gasteiger partial charge in [0.2, 0.25) is 0 Å². The summed E-state index contributed by atoms with van der Waals surface area (Å²) in [4.78, 5) is 16.8. The largest absolute Gasteiger partial charge is 0.388 e. The number of aliphatic hydroxyl groups excluding tert-OH is 2. The summed E-state index contributed by atoms with van der Waals surface area (Å²) in [5.41, 5.74) is 1.99. The lowest BCUT2D eigenvalue weighted by Crippen LogP contribution is -2.51. The monoisotopic (exact) mass is 406 g/mol. The summed E-state index contributed by atoms with van der Waals surface area (Å²) < 4.78 is 0. The quantitative estimate of drug-likeness (QED) is 0.663. The topological polar surface area (TPSA) is 64.0 Å². The van der Waals surface area contributed by atoms with Crippen LogP contribution in [0.5, 0.6) is 0 Å². The number of benzene rings is 2. The van der Waals surface area contributed by atoms with Crippen LogP contribution in [0.3, 0.4) is 0 Å². The van der Waals surface area contributed by atoms with E-state index in [0.29, 0.717) is 12.8 Å². The molecule has 4 atom stereocenters. The molecule has 1 heterocycles. The van der Waals surface area contributed by atoms with Gasteiger partial charge in [-0.1, -0.05) is 72.8 Å². The molecule has 0 unspecified atom stereocenters. The third-order valence-corrected chi connectivity index (χ3v) is 5.66. The van der Waals surface area contributed by atoms with Crippen molar-refractivity contribution in [1.82, 2.24) is 9.80 Å². The Balaban J connectivity index is 1.99. The molecule has 2 aromatic rings. The zero-order chi connectivity index (χ0) is 21.5. The van der Waals surface area contributed by atoms with Crippen LogP contribution in [0.1, 0.15) is 11.1 Å². The summed E-state index contributed by atoms with van der Waals surface area (Å²) in [6.07, 6.45) is 1.99. The van der Waals surface area contributed by atoms with E-state index in [1.807, 2.05) is 60.7 Å². The van der Waals surface area contributed by atoms with Crippen molar-refractivity contribution in [3.05, 3.63) is 97.1 Å². The normalized spacial score (nSPS) is 24.4. The van der Waals surface area contributed by atoms with E-state index < -0.39 is 24.3 Å². The zero-order valence-corrected chi connectivity index (χ0v) is 17.2. The lowest BCUT2D eigenvalue weighted by molar-refractivity contribution is -0.0377. The molecule has 1 fully saturated rings. The molecule has 30 heavy (non-hydrogen) atoms. The average molecular weight is 407 g/mol. The molecule has 0 bridgehead atoms. The van der Waals surface area contributed by atoms with Gasteiger partial charge < -0.3 is 20.0 Å². The standard InChI is InChI=1S/C25H30N2O3/c1-3-15-26-21(17-19-11-7-5-8-12-19)23(28)24(29)22(27(16-4-2)25(26)30)18-20-13-9-6-10-14-20/h3-14,21-24,28-29H,1-2,15-18H2/t21-,22-,23-,24-/m1/s1. The van der Waals surface area contributed by atoms with Crippen molar-refractivity contribution >= 4 is 6.03 Å². The first-order valence-corrected chi connectivity index (χ1v) is 10.3. The average Bonchev–Trinajstić information content (AvgIpc) is 2.83. The van der Waals surface area contributed by atoms with Crippen molar-refractivity contribution in [2.75, 3.05) is 13.1 Å². The second-order valence-electron chi connectivity index (χ2n) is 7.66. The van der Waals surface area contributed by atoms with Crippen LogP contribution in [-0.4, -0.2) is 63.4 Å². The highest BCUT2D eigenvalue weighted by Gasteiger charge is 2.45. The number of carbonyl (C=O) groups is 1. The Kier molecular flexibility index (Phi) is 7.44. The third kappa shape index (κ3) is 4.81. The van der Waals surface area contributed by atoms with Crippen molar-refractivity contribution in [3.8, 4) is 0 Å². The molecule has 1 aliphatic rings. The maximum atomic E-state index is 13.6. The molecule has 0 saturated carbocycles. The van der Waals surface area contributed by atoms with Gasteiger partial charge in [0.1, 0.15) is 12.2 Å². The summed E-state index contributed by atoms with van der Waals surface area (Å²) in [5.74, 6) is 0. The molecule has 2 amide bonds. The van der Waals surface area contributed by atoms with Crippen LogP contribution >= 0.6 is 0 Å². The van der Waals surface area contributed by atoms with Crippen LogP contribution in [0.4, 0.5) is 4.79 Å². The predicted molar refractivity (Wildman–Crippen MR) is 119 cm³/mol. The Morgan fingerprint density at radius 3 is 1.43 bits per heavy atom. The first kappa shape index (κ1) is 21.8. The van der Waals surface area contributed by atoms with Crippen molar-refractivity contribution in [2.24, 2.45) is 0 Å². The fourth-order valence-corrected chi connectivity index (χ4v) is 4.15. The van der Waals surface area contributed by atoms with Crippen LogP contribution < -0.4 is 0 Å². The lowest BCUT2D eigenvalue weighted by atomic mass is 9.91. The van der Waals surface area contributed by atoms with Gasteiger partial charge in [-0.3, -0.25) is 0 Å². The van der Waals surface area contributed by atoms with Crippen molar-refractivity contribution in [1.29, 1.82) is 0 Å². The van der Waals surface area contributed by atoms with Crippen molar-refractivity contribution in [3.63, 3.8) is 0 Å². The van der Waals surface area contributed by atoms with E-state index in [9.17, 15) is 15.0 Å². The molecule has 158 valence electrons. The van der Waals surface area contributed by atoms with E-state index in [2.05, 4.69) is 13.2 Å². The molecule has 2 N–H and O–H groups in total. The second-order valence-corrected chi connectivity index (χ2v) is 7.66. The smallest absolute Gasteiger partial charge is 0.321 e. The van der Waals surface area contributed by atoms with Gasteiger partial charge in [0.25, 0.3) is 0 Å². The molecular formula is C25H30N2O3. The Labute approximate surface area is 178 Å². The number of nitrogens with zero attached hydrogens (tertiary/aromatic N) is 2. The van der Waals surface area contributed by atoms with E-state index >= 15 is 0 Å². The van der Waals surface area contributed by atoms with Gasteiger partial charge >= 0.3 is 6.03 Å².